The molecule has 1 fully saturated rings. The predicted molar refractivity (Wildman–Crippen MR) is 59.1 cm³/mol. The van der Waals surface area contributed by atoms with E-state index < -0.39 is 0 Å². The molecule has 1 saturated heterocycles. The Kier molecular flexibility index (Phi) is 5.45. The van der Waals surface area contributed by atoms with Crippen molar-refractivity contribution in [2.45, 2.75) is 38.7 Å². The Bertz CT molecular complexity index is 152. The lowest BCUT2D eigenvalue weighted by Crippen LogP contribution is -2.42. The molecule has 0 bridgehead atoms. The highest BCUT2D eigenvalue weighted by Crippen LogP contribution is 2.16. The molecule has 1 aliphatic heterocycles. The molecule has 0 spiro atoms. The molecule has 3 nitrogen and oxygen atoms in total. The van der Waals surface area contributed by atoms with Gasteiger partial charge in [-0.1, -0.05) is 13.3 Å². The normalized spacial score (nSPS) is 29.4. The third-order valence-electron chi connectivity index (χ3n) is 3.12. The molecule has 3 N–H and O–H groups in total. The van der Waals surface area contributed by atoms with Crippen molar-refractivity contribution in [2.24, 2.45) is 11.7 Å². The number of likely N-dealkylation sites (tertiary alicyclic amines) is 1. The minimum Gasteiger partial charge on any atom is -0.393 e. The third kappa shape index (κ3) is 3.95. The van der Waals surface area contributed by atoms with E-state index in [1.807, 2.05) is 0 Å². The summed E-state index contributed by atoms with van der Waals surface area (Å²) in [6.07, 6.45) is 4.50. The van der Waals surface area contributed by atoms with E-state index in [9.17, 15) is 5.11 Å². The Hall–Kier alpha value is -0.120. The second-order valence-corrected chi connectivity index (χ2v) is 4.48. The molecule has 0 aromatic rings. The van der Waals surface area contributed by atoms with Crippen molar-refractivity contribution >= 4 is 0 Å². The first kappa shape index (κ1) is 12.0. The molecule has 2 unspecified atom stereocenters. The van der Waals surface area contributed by atoms with Gasteiger partial charge in [0, 0.05) is 13.1 Å². The van der Waals surface area contributed by atoms with Gasteiger partial charge in [-0.15, -0.1) is 0 Å². The number of aliphatic hydroxyl groups is 1. The first-order valence-electron chi connectivity index (χ1n) is 5.84. The lowest BCUT2D eigenvalue weighted by atomic mass is 9.96. The van der Waals surface area contributed by atoms with Gasteiger partial charge in [-0.3, -0.25) is 0 Å². The van der Waals surface area contributed by atoms with Gasteiger partial charge in [0.2, 0.25) is 0 Å². The molecule has 1 heterocycles. The molecule has 1 aliphatic rings. The largest absolute Gasteiger partial charge is 0.393 e. The van der Waals surface area contributed by atoms with Crippen LogP contribution in [0.25, 0.3) is 0 Å². The maximum absolute atomic E-state index is 9.56. The van der Waals surface area contributed by atoms with Gasteiger partial charge >= 0.3 is 0 Å². The highest BCUT2D eigenvalue weighted by molar-refractivity contribution is 4.76. The Morgan fingerprint density at radius 2 is 2.14 bits per heavy atom. The van der Waals surface area contributed by atoms with Crippen molar-refractivity contribution in [2.75, 3.05) is 26.2 Å². The van der Waals surface area contributed by atoms with Gasteiger partial charge in [-0.2, -0.15) is 0 Å². The first-order chi connectivity index (χ1) is 6.74. The van der Waals surface area contributed by atoms with Crippen LogP contribution in [0.2, 0.25) is 0 Å². The topological polar surface area (TPSA) is 49.5 Å². The van der Waals surface area contributed by atoms with Gasteiger partial charge in [0.1, 0.15) is 0 Å². The van der Waals surface area contributed by atoms with E-state index in [4.69, 9.17) is 5.73 Å². The molecule has 1 rings (SSSR count). The molecular weight excluding hydrogens is 176 g/mol. The van der Waals surface area contributed by atoms with Crippen molar-refractivity contribution < 1.29 is 5.11 Å². The van der Waals surface area contributed by atoms with Crippen molar-refractivity contribution in [1.82, 2.24) is 4.90 Å². The van der Waals surface area contributed by atoms with Gasteiger partial charge < -0.3 is 15.7 Å². The molecule has 0 amide bonds. The fourth-order valence-corrected chi connectivity index (χ4v) is 2.08. The number of nitrogens with two attached hydrogens (primary N) is 1. The Balaban J connectivity index is 2.07. The molecule has 84 valence electrons. The van der Waals surface area contributed by atoms with Gasteiger partial charge in [-0.25, -0.2) is 0 Å². The summed E-state index contributed by atoms with van der Waals surface area (Å²) in [7, 11) is 0. The molecule has 0 aliphatic carbocycles. The average molecular weight is 200 g/mol. The molecule has 0 aromatic carbocycles. The zero-order valence-electron chi connectivity index (χ0n) is 9.28. The summed E-state index contributed by atoms with van der Waals surface area (Å²) in [6, 6.07) is 0. The summed E-state index contributed by atoms with van der Waals surface area (Å²) in [5, 5.41) is 9.56. The smallest absolute Gasteiger partial charge is 0.0590 e. The van der Waals surface area contributed by atoms with E-state index in [-0.39, 0.29) is 6.10 Å². The van der Waals surface area contributed by atoms with E-state index in [0.29, 0.717) is 5.92 Å². The van der Waals surface area contributed by atoms with Gasteiger partial charge in [0.15, 0.2) is 0 Å². The number of rotatable bonds is 5. The molecule has 14 heavy (non-hydrogen) atoms. The van der Waals surface area contributed by atoms with Crippen LogP contribution >= 0.6 is 0 Å². The van der Waals surface area contributed by atoms with Crippen LogP contribution in [0, 0.1) is 5.92 Å². The highest BCUT2D eigenvalue weighted by Gasteiger charge is 2.23. The second kappa shape index (κ2) is 6.38. The van der Waals surface area contributed by atoms with Gasteiger partial charge in [-0.05, 0) is 38.3 Å². The first-order valence-corrected chi connectivity index (χ1v) is 5.84. The Morgan fingerprint density at radius 1 is 1.36 bits per heavy atom. The lowest BCUT2D eigenvalue weighted by Gasteiger charge is -2.34. The fraction of sp³-hybridized carbons (Fsp3) is 1.00. The molecule has 0 radical (unpaired) electrons. The Labute approximate surface area is 87.3 Å². The fourth-order valence-electron chi connectivity index (χ4n) is 2.08. The standard InChI is InChI=1S/C11H24N2O/c1-10-9-13(8-5-11(10)14)7-4-2-3-6-12/h10-11,14H,2-9,12H2,1H3. The molecular formula is C11H24N2O. The number of hydrogen-bond donors (Lipinski definition) is 2. The number of aliphatic hydroxyl groups excluding tert-OH is 1. The summed E-state index contributed by atoms with van der Waals surface area (Å²) in [5.74, 6) is 0.443. The average Bonchev–Trinajstić information content (AvgIpc) is 2.18. The minimum atomic E-state index is -0.0738. The highest BCUT2D eigenvalue weighted by atomic mass is 16.3. The predicted octanol–water partition coefficient (Wildman–Crippen LogP) is 0.818. The SMILES string of the molecule is CC1CN(CCCCCN)CCC1O. The summed E-state index contributed by atoms with van der Waals surface area (Å²) >= 11 is 0. The zero-order chi connectivity index (χ0) is 10.4. The maximum Gasteiger partial charge on any atom is 0.0590 e. The quantitative estimate of drug-likeness (QED) is 0.646. The maximum atomic E-state index is 9.56. The summed E-state index contributed by atoms with van der Waals surface area (Å²) in [5.41, 5.74) is 5.44. The molecule has 0 saturated carbocycles. The van der Waals surface area contributed by atoms with E-state index >= 15 is 0 Å². The van der Waals surface area contributed by atoms with E-state index in [1.54, 1.807) is 0 Å². The number of nitrogens with zero attached hydrogens (tertiary/aromatic N) is 1. The summed E-state index contributed by atoms with van der Waals surface area (Å²) in [4.78, 5) is 2.47. The van der Waals surface area contributed by atoms with Crippen LogP contribution in [-0.4, -0.2) is 42.3 Å². The van der Waals surface area contributed by atoms with E-state index in [2.05, 4.69) is 11.8 Å². The van der Waals surface area contributed by atoms with Crippen LogP contribution in [0.15, 0.2) is 0 Å². The van der Waals surface area contributed by atoms with E-state index in [0.717, 1.165) is 32.5 Å². The second-order valence-electron chi connectivity index (χ2n) is 4.48. The van der Waals surface area contributed by atoms with Crippen LogP contribution in [0.5, 0.6) is 0 Å². The molecule has 0 aromatic heterocycles. The van der Waals surface area contributed by atoms with Crippen LogP contribution in [-0.2, 0) is 0 Å². The Morgan fingerprint density at radius 3 is 2.79 bits per heavy atom. The molecule has 2 atom stereocenters. The van der Waals surface area contributed by atoms with Crippen LogP contribution < -0.4 is 5.73 Å². The monoisotopic (exact) mass is 200 g/mol. The van der Waals surface area contributed by atoms with Crippen molar-refractivity contribution in [3.63, 3.8) is 0 Å². The van der Waals surface area contributed by atoms with Gasteiger partial charge in [0.25, 0.3) is 0 Å². The minimum absolute atomic E-state index is 0.0738. The zero-order valence-corrected chi connectivity index (χ0v) is 9.28. The van der Waals surface area contributed by atoms with E-state index in [1.165, 1.54) is 19.4 Å². The number of hydrogen-bond acceptors (Lipinski definition) is 3. The summed E-state index contributed by atoms with van der Waals surface area (Å²) in [6.45, 7) is 6.25. The van der Waals surface area contributed by atoms with Crippen molar-refractivity contribution in [3.8, 4) is 0 Å². The molecule has 3 heteroatoms. The summed E-state index contributed by atoms with van der Waals surface area (Å²) < 4.78 is 0. The van der Waals surface area contributed by atoms with Gasteiger partial charge in [0.05, 0.1) is 6.10 Å². The third-order valence-corrected chi connectivity index (χ3v) is 3.12. The number of piperidine rings is 1. The van der Waals surface area contributed by atoms with Crippen LogP contribution in [0.3, 0.4) is 0 Å². The van der Waals surface area contributed by atoms with Crippen LogP contribution in [0.4, 0.5) is 0 Å². The van der Waals surface area contributed by atoms with Crippen molar-refractivity contribution in [3.05, 3.63) is 0 Å². The lowest BCUT2D eigenvalue weighted by molar-refractivity contribution is 0.0345. The number of unbranched alkanes of at least 4 members (excludes halogenated alkanes) is 2. The van der Waals surface area contributed by atoms with Crippen LogP contribution in [0.1, 0.15) is 32.6 Å². The van der Waals surface area contributed by atoms with Crippen molar-refractivity contribution in [1.29, 1.82) is 0 Å².